The van der Waals surface area contributed by atoms with Crippen LogP contribution in [-0.4, -0.2) is 38.0 Å². The van der Waals surface area contributed by atoms with Crippen molar-refractivity contribution >= 4 is 47.6 Å². The van der Waals surface area contributed by atoms with E-state index in [0.29, 0.717) is 34.4 Å². The zero-order valence-electron chi connectivity index (χ0n) is 11.2. The number of hydrogen-bond acceptors (Lipinski definition) is 4. The Kier molecular flexibility index (Phi) is 4.52. The molecule has 2 N–H and O–H groups in total. The van der Waals surface area contributed by atoms with Crippen LogP contribution < -0.4 is 5.73 Å². The van der Waals surface area contributed by atoms with Crippen molar-refractivity contribution in [1.29, 1.82) is 0 Å². The average molecular weight is 428 g/mol. The van der Waals surface area contributed by atoms with Gasteiger partial charge in [0.2, 0.25) is 10.0 Å². The van der Waals surface area contributed by atoms with Gasteiger partial charge in [-0.1, -0.05) is 0 Å². The van der Waals surface area contributed by atoms with Gasteiger partial charge in [0.05, 0.1) is 18.8 Å². The maximum Gasteiger partial charge on any atom is 0.245 e. The van der Waals surface area contributed by atoms with Crippen LogP contribution in [0.2, 0.25) is 0 Å². The standard InChI is InChI=1S/C12H16Br2N2O3S/c1-12(2)7-19-4-3-16(12)20(17,18)11-9(13)5-8(15)6-10(11)14/h5-6H,3-4,7,15H2,1-2H3. The van der Waals surface area contributed by atoms with Crippen molar-refractivity contribution < 1.29 is 13.2 Å². The molecule has 1 fully saturated rings. The normalized spacial score (nSPS) is 20.0. The van der Waals surface area contributed by atoms with Gasteiger partial charge in [-0.15, -0.1) is 0 Å². The van der Waals surface area contributed by atoms with E-state index in [-0.39, 0.29) is 4.90 Å². The highest BCUT2D eigenvalue weighted by Gasteiger charge is 2.41. The minimum Gasteiger partial charge on any atom is -0.399 e. The first-order valence-corrected chi connectivity index (χ1v) is 9.04. The molecule has 0 atom stereocenters. The third-order valence-corrected chi connectivity index (χ3v) is 7.13. The molecule has 1 aromatic rings. The fourth-order valence-corrected chi connectivity index (χ4v) is 6.52. The maximum absolute atomic E-state index is 12.9. The summed E-state index contributed by atoms with van der Waals surface area (Å²) in [6.45, 7) is 4.80. The number of halogens is 2. The molecule has 0 spiro atoms. The minimum absolute atomic E-state index is 0.196. The highest BCUT2D eigenvalue weighted by atomic mass is 79.9. The second-order valence-electron chi connectivity index (χ2n) is 5.26. The third kappa shape index (κ3) is 2.89. The van der Waals surface area contributed by atoms with Crippen molar-refractivity contribution in [2.24, 2.45) is 0 Å². The lowest BCUT2D eigenvalue weighted by molar-refractivity contribution is -0.00774. The maximum atomic E-state index is 12.9. The van der Waals surface area contributed by atoms with E-state index in [9.17, 15) is 8.42 Å². The molecular formula is C12H16Br2N2O3S. The number of nitrogens with two attached hydrogens (primary N) is 1. The number of nitrogens with zero attached hydrogens (tertiary/aromatic N) is 1. The van der Waals surface area contributed by atoms with E-state index in [4.69, 9.17) is 10.5 Å². The molecule has 5 nitrogen and oxygen atoms in total. The lowest BCUT2D eigenvalue weighted by Gasteiger charge is -2.41. The first kappa shape index (κ1) is 16.2. The smallest absolute Gasteiger partial charge is 0.245 e. The molecule has 0 saturated carbocycles. The van der Waals surface area contributed by atoms with Crippen LogP contribution in [0.5, 0.6) is 0 Å². The Hall–Kier alpha value is -0.150. The molecule has 0 unspecified atom stereocenters. The van der Waals surface area contributed by atoms with Gasteiger partial charge in [-0.25, -0.2) is 8.42 Å². The highest BCUT2D eigenvalue weighted by molar-refractivity contribution is 9.11. The summed E-state index contributed by atoms with van der Waals surface area (Å²) >= 11 is 6.58. The lowest BCUT2D eigenvalue weighted by atomic mass is 10.1. The van der Waals surface area contributed by atoms with E-state index in [1.54, 1.807) is 12.1 Å². The minimum atomic E-state index is -3.64. The molecular weight excluding hydrogens is 412 g/mol. The topological polar surface area (TPSA) is 72.6 Å². The number of nitrogen functional groups attached to an aromatic ring is 1. The molecule has 20 heavy (non-hydrogen) atoms. The number of morpholine rings is 1. The van der Waals surface area contributed by atoms with Gasteiger partial charge in [0.25, 0.3) is 0 Å². The molecule has 0 aliphatic carbocycles. The molecule has 1 heterocycles. The molecule has 0 radical (unpaired) electrons. The van der Waals surface area contributed by atoms with E-state index in [0.717, 1.165) is 0 Å². The van der Waals surface area contributed by atoms with E-state index in [2.05, 4.69) is 31.9 Å². The summed E-state index contributed by atoms with van der Waals surface area (Å²) in [5.41, 5.74) is 5.62. The van der Waals surface area contributed by atoms with Crippen molar-refractivity contribution in [2.45, 2.75) is 24.3 Å². The zero-order chi connectivity index (χ0) is 15.1. The summed E-state index contributed by atoms with van der Waals surface area (Å²) in [5.74, 6) is 0. The van der Waals surface area contributed by atoms with E-state index >= 15 is 0 Å². The fourth-order valence-electron chi connectivity index (χ4n) is 2.23. The summed E-state index contributed by atoms with van der Waals surface area (Å²) in [6, 6.07) is 3.18. The first-order chi connectivity index (χ1) is 9.16. The van der Waals surface area contributed by atoms with Gasteiger partial charge in [0, 0.05) is 21.2 Å². The lowest BCUT2D eigenvalue weighted by Crippen LogP contribution is -2.55. The largest absolute Gasteiger partial charge is 0.399 e. The molecule has 1 aromatic carbocycles. The van der Waals surface area contributed by atoms with Crippen LogP contribution >= 0.6 is 31.9 Å². The molecule has 1 aliphatic heterocycles. The molecule has 2 rings (SSSR count). The van der Waals surface area contributed by atoms with Gasteiger partial charge in [-0.3, -0.25) is 0 Å². The number of sulfonamides is 1. The molecule has 0 amide bonds. The Morgan fingerprint density at radius 2 is 1.85 bits per heavy atom. The quantitative estimate of drug-likeness (QED) is 0.736. The SMILES string of the molecule is CC1(C)COCCN1S(=O)(=O)c1c(Br)cc(N)cc1Br. The molecule has 8 heteroatoms. The van der Waals surface area contributed by atoms with Crippen molar-refractivity contribution in [2.75, 3.05) is 25.5 Å². The van der Waals surface area contributed by atoms with Crippen LogP contribution in [-0.2, 0) is 14.8 Å². The fraction of sp³-hybridized carbons (Fsp3) is 0.500. The number of anilines is 1. The summed E-state index contributed by atoms with van der Waals surface area (Å²) in [7, 11) is -3.64. The predicted octanol–water partition coefficient (Wildman–Crippen LogP) is 2.59. The Bertz CT molecular complexity index is 609. The van der Waals surface area contributed by atoms with Gasteiger partial charge in [0.1, 0.15) is 4.90 Å². The van der Waals surface area contributed by atoms with Crippen LogP contribution in [0.25, 0.3) is 0 Å². The van der Waals surface area contributed by atoms with Gasteiger partial charge < -0.3 is 10.5 Å². The van der Waals surface area contributed by atoms with Gasteiger partial charge in [-0.2, -0.15) is 4.31 Å². The zero-order valence-corrected chi connectivity index (χ0v) is 15.2. The second-order valence-corrected chi connectivity index (χ2v) is 8.76. The van der Waals surface area contributed by atoms with E-state index in [1.807, 2.05) is 13.8 Å². The molecule has 1 aliphatic rings. The van der Waals surface area contributed by atoms with Crippen molar-refractivity contribution in [3.8, 4) is 0 Å². The molecule has 112 valence electrons. The van der Waals surface area contributed by atoms with Crippen molar-refractivity contribution in [3.63, 3.8) is 0 Å². The number of benzene rings is 1. The first-order valence-electron chi connectivity index (χ1n) is 6.01. The average Bonchev–Trinajstić information content (AvgIpc) is 2.25. The van der Waals surface area contributed by atoms with Crippen LogP contribution in [0, 0.1) is 0 Å². The van der Waals surface area contributed by atoms with Gasteiger partial charge >= 0.3 is 0 Å². The Morgan fingerprint density at radius 1 is 1.30 bits per heavy atom. The van der Waals surface area contributed by atoms with Gasteiger partial charge in [-0.05, 0) is 57.8 Å². The monoisotopic (exact) mass is 426 g/mol. The van der Waals surface area contributed by atoms with Crippen molar-refractivity contribution in [1.82, 2.24) is 4.31 Å². The van der Waals surface area contributed by atoms with E-state index < -0.39 is 15.6 Å². The number of rotatable bonds is 2. The van der Waals surface area contributed by atoms with Crippen LogP contribution in [0.1, 0.15) is 13.8 Å². The highest BCUT2D eigenvalue weighted by Crippen LogP contribution is 2.37. The van der Waals surface area contributed by atoms with E-state index in [1.165, 1.54) is 4.31 Å². The predicted molar refractivity (Wildman–Crippen MR) is 85.0 cm³/mol. The Morgan fingerprint density at radius 3 is 2.35 bits per heavy atom. The molecule has 1 saturated heterocycles. The van der Waals surface area contributed by atoms with Crippen LogP contribution in [0.3, 0.4) is 0 Å². The molecule has 0 aromatic heterocycles. The van der Waals surface area contributed by atoms with Crippen LogP contribution in [0.4, 0.5) is 5.69 Å². The summed E-state index contributed by atoms with van der Waals surface area (Å²) in [6.07, 6.45) is 0. The van der Waals surface area contributed by atoms with Crippen LogP contribution in [0.15, 0.2) is 26.0 Å². The van der Waals surface area contributed by atoms with Gasteiger partial charge in [0.15, 0.2) is 0 Å². The number of ether oxygens (including phenoxy) is 1. The third-order valence-electron chi connectivity index (χ3n) is 3.14. The summed E-state index contributed by atoms with van der Waals surface area (Å²) in [5, 5.41) is 0. The number of hydrogen-bond donors (Lipinski definition) is 1. The summed E-state index contributed by atoms with van der Waals surface area (Å²) < 4.78 is 33.6. The second kappa shape index (κ2) is 5.57. The van der Waals surface area contributed by atoms with Crippen molar-refractivity contribution in [3.05, 3.63) is 21.1 Å². The Balaban J connectivity index is 2.56. The Labute approximate surface area is 135 Å². The molecule has 0 bridgehead atoms. The summed E-state index contributed by atoms with van der Waals surface area (Å²) in [4.78, 5) is 0.196.